The van der Waals surface area contributed by atoms with Crippen molar-refractivity contribution in [1.82, 2.24) is 41.9 Å². The Bertz CT molecular complexity index is 1820. The van der Waals surface area contributed by atoms with E-state index < -0.39 is 90.3 Å². The molecular formula is C39H64N14O10S. The number of thiol groups is 1. The van der Waals surface area contributed by atoms with Gasteiger partial charge in [-0.15, -0.1) is 0 Å². The Balaban J connectivity index is 2.28. The number of carboxylic acid groups (broad SMARTS) is 1. The fourth-order valence-electron chi connectivity index (χ4n) is 6.09. The average Bonchev–Trinajstić information content (AvgIpc) is 3.78. The van der Waals surface area contributed by atoms with Crippen LogP contribution < -0.4 is 60.6 Å². The number of carbonyl (C=O) groups is 7. The molecular weight excluding hydrogens is 857 g/mol. The van der Waals surface area contributed by atoms with Crippen molar-refractivity contribution < 1.29 is 48.9 Å². The molecule has 0 aliphatic rings. The zero-order chi connectivity index (χ0) is 47.6. The number of nitrogens with zero attached hydrogens (tertiary/aromatic N) is 2. The molecule has 2 aromatic rings. The molecule has 1 aromatic heterocycles. The molecule has 0 spiro atoms. The van der Waals surface area contributed by atoms with E-state index in [1.807, 2.05) is 0 Å². The second-order valence-electron chi connectivity index (χ2n) is 14.8. The lowest BCUT2D eigenvalue weighted by molar-refractivity contribution is -0.142. The van der Waals surface area contributed by atoms with E-state index >= 15 is 0 Å². The van der Waals surface area contributed by atoms with Gasteiger partial charge in [0.05, 0.1) is 19.0 Å². The van der Waals surface area contributed by atoms with Gasteiger partial charge in [0.25, 0.3) is 0 Å². The summed E-state index contributed by atoms with van der Waals surface area (Å²) in [7, 11) is 0. The number of unbranched alkanes of at least 4 members (excludes halogenated alkanes) is 2. The molecule has 7 atom stereocenters. The first-order chi connectivity index (χ1) is 30.5. The maximum Gasteiger partial charge on any atom is 0.326 e. The summed E-state index contributed by atoms with van der Waals surface area (Å²) in [4.78, 5) is 104. The molecule has 1 heterocycles. The number of hydrogen-bond acceptors (Lipinski definition) is 15. The predicted octanol–water partition coefficient (Wildman–Crippen LogP) is -4.55. The molecule has 2 rings (SSSR count). The van der Waals surface area contributed by atoms with Crippen LogP contribution in [0, 0.1) is 0 Å². The van der Waals surface area contributed by atoms with E-state index in [0.717, 1.165) is 0 Å². The minimum absolute atomic E-state index is 0.0238. The number of phenols is 1. The minimum Gasteiger partial charge on any atom is -0.508 e. The van der Waals surface area contributed by atoms with Gasteiger partial charge in [0.2, 0.25) is 35.4 Å². The first-order valence-electron chi connectivity index (χ1n) is 20.8. The van der Waals surface area contributed by atoms with E-state index in [2.05, 4.69) is 59.5 Å². The smallest absolute Gasteiger partial charge is 0.326 e. The van der Waals surface area contributed by atoms with Crippen LogP contribution in [0.15, 0.2) is 41.8 Å². The zero-order valence-corrected chi connectivity index (χ0v) is 36.4. The van der Waals surface area contributed by atoms with Gasteiger partial charge in [0.15, 0.2) is 5.96 Å². The summed E-state index contributed by atoms with van der Waals surface area (Å²) in [5.74, 6) is -7.04. The third-order valence-corrected chi connectivity index (χ3v) is 10.1. The van der Waals surface area contributed by atoms with Crippen LogP contribution in [0.25, 0.3) is 0 Å². The highest BCUT2D eigenvalue weighted by Crippen LogP contribution is 2.13. The fraction of sp³-hybridized carbons (Fsp3) is 0.564. The number of imidazole rings is 1. The Morgan fingerprint density at radius 3 is 1.73 bits per heavy atom. The monoisotopic (exact) mass is 920 g/mol. The van der Waals surface area contributed by atoms with Crippen molar-refractivity contribution in [2.45, 2.75) is 107 Å². The van der Waals surface area contributed by atoms with Crippen LogP contribution in [-0.2, 0) is 46.4 Å². The topological polar surface area (TPSA) is 423 Å². The number of amides is 6. The highest BCUT2D eigenvalue weighted by Gasteiger charge is 2.33. The number of benzene rings is 1. The van der Waals surface area contributed by atoms with Gasteiger partial charge in [0, 0.05) is 37.0 Å². The Morgan fingerprint density at radius 1 is 0.672 bits per heavy atom. The van der Waals surface area contributed by atoms with Crippen molar-refractivity contribution in [3.05, 3.63) is 48.0 Å². The van der Waals surface area contributed by atoms with Crippen LogP contribution >= 0.6 is 12.6 Å². The standard InChI is InChI=1S/C39H64N14O10S/c40-13-3-1-6-25(42)32(56)50-28(16-22-9-11-24(55)12-10-22)34(58)51-29(17-23-18-45-21-47-23)35(59)53-31(20-64)37(61)52-30(19-54)36(60)48-26(8-5-15-46-39(43)44)33(57)49-27(38(62)63)7-2-4-14-41/h9-12,18,21,25-31,54-55,64H,1-8,13-17,19-20,40-42H2,(H,45,47)(H,48,60)(H,49,57)(H,50,56)(H,51,58)(H,52,61)(H,53,59)(H,62,63)(H4,43,44,46)/t25-,26-,27-,28-,29-,30-,31-/m0/s1. The number of aliphatic hydroxyl groups is 1. The summed E-state index contributed by atoms with van der Waals surface area (Å²) in [6.45, 7) is -0.182. The number of aliphatic hydroxyl groups excluding tert-OH is 1. The molecule has 1 aromatic carbocycles. The van der Waals surface area contributed by atoms with E-state index in [9.17, 15) is 48.9 Å². The van der Waals surface area contributed by atoms with Crippen molar-refractivity contribution >= 4 is 60.0 Å². The molecule has 356 valence electrons. The molecule has 0 aliphatic carbocycles. The quantitative estimate of drug-likeness (QED) is 0.0147. The number of carbonyl (C=O) groups excluding carboxylic acids is 6. The molecule has 0 fully saturated rings. The SMILES string of the molecule is NCCCC[C@H](NC(=O)[C@H](CCCN=C(N)N)NC(=O)[C@H](CO)NC(=O)[C@H](CS)NC(=O)[C@H](Cc1cnc[nH]1)NC(=O)[C@H](Cc1ccc(O)cc1)NC(=O)[C@@H](N)CCCCN)C(=O)O. The van der Waals surface area contributed by atoms with Gasteiger partial charge in [-0.05, 0) is 75.7 Å². The summed E-state index contributed by atoms with van der Waals surface area (Å²) in [5, 5.41) is 44.6. The number of aromatic amines is 1. The molecule has 24 nitrogen and oxygen atoms in total. The van der Waals surface area contributed by atoms with Crippen molar-refractivity contribution in [3.63, 3.8) is 0 Å². The molecule has 20 N–H and O–H groups in total. The van der Waals surface area contributed by atoms with E-state index in [-0.39, 0.29) is 56.1 Å². The van der Waals surface area contributed by atoms with Gasteiger partial charge < -0.3 is 80.9 Å². The normalized spacial score (nSPS) is 14.3. The second kappa shape index (κ2) is 29.4. The molecule has 0 aliphatic heterocycles. The summed E-state index contributed by atoms with van der Waals surface area (Å²) < 4.78 is 0. The molecule has 0 bridgehead atoms. The van der Waals surface area contributed by atoms with Gasteiger partial charge in [-0.2, -0.15) is 12.6 Å². The highest BCUT2D eigenvalue weighted by molar-refractivity contribution is 7.80. The number of aromatic nitrogens is 2. The Kier molecular flexibility index (Phi) is 24.8. The number of guanidine groups is 1. The number of phenolic OH excluding ortho intramolecular Hbond substituents is 1. The van der Waals surface area contributed by atoms with Gasteiger partial charge in [-0.3, -0.25) is 33.8 Å². The van der Waals surface area contributed by atoms with Gasteiger partial charge >= 0.3 is 5.97 Å². The maximum atomic E-state index is 13.9. The minimum atomic E-state index is -1.67. The number of aliphatic imine (C=N–C) groups is 1. The first kappa shape index (κ1) is 54.1. The summed E-state index contributed by atoms with van der Waals surface area (Å²) in [6, 6.07) is -3.48. The van der Waals surface area contributed by atoms with Crippen LogP contribution in [0.2, 0.25) is 0 Å². The lowest BCUT2D eigenvalue weighted by Crippen LogP contribution is -2.61. The van der Waals surface area contributed by atoms with Crippen LogP contribution in [0.4, 0.5) is 0 Å². The zero-order valence-electron chi connectivity index (χ0n) is 35.5. The Hall–Kier alpha value is -6.02. The largest absolute Gasteiger partial charge is 0.508 e. The van der Waals surface area contributed by atoms with E-state index in [0.29, 0.717) is 56.5 Å². The molecule has 25 heteroatoms. The number of rotatable bonds is 31. The van der Waals surface area contributed by atoms with Crippen LogP contribution in [0.3, 0.4) is 0 Å². The van der Waals surface area contributed by atoms with Crippen molar-refractivity contribution in [2.24, 2.45) is 33.7 Å². The summed E-state index contributed by atoms with van der Waals surface area (Å²) in [5.41, 5.74) is 28.9. The van der Waals surface area contributed by atoms with Crippen LogP contribution in [0.5, 0.6) is 5.75 Å². The maximum absolute atomic E-state index is 13.9. The number of carboxylic acids is 1. The van der Waals surface area contributed by atoms with Crippen LogP contribution in [0.1, 0.15) is 62.6 Å². The number of aromatic hydroxyl groups is 1. The molecule has 0 radical (unpaired) electrons. The van der Waals surface area contributed by atoms with Gasteiger partial charge in [-0.25, -0.2) is 9.78 Å². The number of aliphatic carboxylic acids is 1. The summed E-state index contributed by atoms with van der Waals surface area (Å²) >= 11 is 4.20. The number of H-pyrrole nitrogens is 1. The number of nitrogens with two attached hydrogens (primary N) is 5. The third-order valence-electron chi connectivity index (χ3n) is 9.70. The molecule has 0 unspecified atom stereocenters. The van der Waals surface area contributed by atoms with E-state index in [1.165, 1.54) is 24.7 Å². The Morgan fingerprint density at radius 2 is 1.17 bits per heavy atom. The summed E-state index contributed by atoms with van der Waals surface area (Å²) in [6.07, 6.45) is 5.10. The lowest BCUT2D eigenvalue weighted by atomic mass is 10.0. The average molecular weight is 921 g/mol. The third kappa shape index (κ3) is 20.0. The van der Waals surface area contributed by atoms with Crippen LogP contribution in [-0.4, -0.2) is 147 Å². The number of hydrogen-bond donors (Lipinski definition) is 16. The predicted molar refractivity (Wildman–Crippen MR) is 238 cm³/mol. The van der Waals surface area contributed by atoms with Crippen molar-refractivity contribution in [2.75, 3.05) is 32.0 Å². The fourth-order valence-corrected chi connectivity index (χ4v) is 6.35. The molecule has 0 saturated heterocycles. The van der Waals surface area contributed by atoms with E-state index in [1.54, 1.807) is 12.1 Å². The molecule has 0 saturated carbocycles. The lowest BCUT2D eigenvalue weighted by Gasteiger charge is -2.27. The number of nitrogens with one attached hydrogen (secondary N) is 7. The van der Waals surface area contributed by atoms with Crippen molar-refractivity contribution in [3.8, 4) is 5.75 Å². The van der Waals surface area contributed by atoms with Gasteiger partial charge in [-0.1, -0.05) is 18.6 Å². The molecule has 6 amide bonds. The van der Waals surface area contributed by atoms with Crippen molar-refractivity contribution in [1.29, 1.82) is 0 Å². The molecule has 64 heavy (non-hydrogen) atoms. The van der Waals surface area contributed by atoms with E-state index in [4.69, 9.17) is 28.7 Å². The first-order valence-corrected chi connectivity index (χ1v) is 21.4. The second-order valence-corrected chi connectivity index (χ2v) is 15.2. The Labute approximate surface area is 375 Å². The van der Waals surface area contributed by atoms with Gasteiger partial charge in [0.1, 0.15) is 42.0 Å². The highest BCUT2D eigenvalue weighted by atomic mass is 32.1.